The first kappa shape index (κ1) is 11.5. The van der Waals surface area contributed by atoms with Gasteiger partial charge in [0.2, 0.25) is 0 Å². The molecule has 4 nitrogen and oxygen atoms in total. The first-order valence-corrected chi connectivity index (χ1v) is 7.28. The summed E-state index contributed by atoms with van der Waals surface area (Å²) in [6, 6.07) is 3.72. The Kier molecular flexibility index (Phi) is 3.56. The quantitative estimate of drug-likeness (QED) is 0.802. The van der Waals surface area contributed by atoms with Gasteiger partial charge in [0.25, 0.3) is 0 Å². The molecule has 16 heavy (non-hydrogen) atoms. The molecule has 0 bridgehead atoms. The summed E-state index contributed by atoms with van der Waals surface area (Å²) in [4.78, 5) is 3.90. The number of aromatic nitrogens is 1. The number of nitrogens with one attached hydrogen (secondary N) is 1. The molecule has 0 radical (unpaired) electrons. The monoisotopic (exact) mass is 240 g/mol. The molecular weight excluding hydrogens is 224 g/mol. The first-order chi connectivity index (χ1) is 7.66. The smallest absolute Gasteiger partial charge is 0.151 e. The molecule has 1 aromatic rings. The highest BCUT2D eigenvalue weighted by Gasteiger charge is 2.23. The second-order valence-electron chi connectivity index (χ2n) is 4.24. The van der Waals surface area contributed by atoms with Gasteiger partial charge in [0.15, 0.2) is 9.84 Å². The standard InChI is InChI=1S/C11H16N2O2S/c14-16(15,9-11-7-13-8-11)6-3-10-1-4-12-5-2-10/h1-2,4-5,11,13H,3,6-9H2. The van der Waals surface area contributed by atoms with E-state index in [0.29, 0.717) is 18.1 Å². The molecule has 0 saturated carbocycles. The van der Waals surface area contributed by atoms with E-state index in [2.05, 4.69) is 10.3 Å². The van der Waals surface area contributed by atoms with E-state index in [4.69, 9.17) is 0 Å². The molecule has 0 amide bonds. The molecule has 5 heteroatoms. The third kappa shape index (κ3) is 3.28. The summed E-state index contributed by atoms with van der Waals surface area (Å²) in [5.41, 5.74) is 1.03. The minimum atomic E-state index is -2.90. The largest absolute Gasteiger partial charge is 0.316 e. The van der Waals surface area contributed by atoms with Crippen molar-refractivity contribution in [3.63, 3.8) is 0 Å². The molecule has 88 valence electrons. The normalized spacial score (nSPS) is 17.0. The maximum atomic E-state index is 11.8. The van der Waals surface area contributed by atoms with Crippen LogP contribution in [0.1, 0.15) is 5.56 Å². The highest BCUT2D eigenvalue weighted by Crippen LogP contribution is 2.09. The van der Waals surface area contributed by atoms with Crippen LogP contribution in [0.4, 0.5) is 0 Å². The SMILES string of the molecule is O=S(=O)(CCc1ccncc1)CC1CNC1. The maximum Gasteiger partial charge on any atom is 0.151 e. The number of rotatable bonds is 5. The number of nitrogens with zero attached hydrogens (tertiary/aromatic N) is 1. The number of hydrogen-bond donors (Lipinski definition) is 1. The predicted octanol–water partition coefficient (Wildman–Crippen LogP) is 0.258. The van der Waals surface area contributed by atoms with Crippen LogP contribution in [-0.2, 0) is 16.3 Å². The summed E-state index contributed by atoms with van der Waals surface area (Å²) in [5, 5.41) is 3.08. The highest BCUT2D eigenvalue weighted by molar-refractivity contribution is 7.91. The fourth-order valence-corrected chi connectivity index (χ4v) is 3.40. The van der Waals surface area contributed by atoms with E-state index in [1.807, 2.05) is 12.1 Å². The topological polar surface area (TPSA) is 59.1 Å². The van der Waals surface area contributed by atoms with Crippen LogP contribution in [0.25, 0.3) is 0 Å². The van der Waals surface area contributed by atoms with E-state index < -0.39 is 9.84 Å². The molecule has 1 N–H and O–H groups in total. The van der Waals surface area contributed by atoms with Gasteiger partial charge in [-0.3, -0.25) is 4.98 Å². The summed E-state index contributed by atoms with van der Waals surface area (Å²) < 4.78 is 23.5. The minimum absolute atomic E-state index is 0.244. The number of aryl methyl sites for hydroxylation is 1. The number of sulfone groups is 1. The molecule has 0 spiro atoms. The third-order valence-electron chi connectivity index (χ3n) is 2.81. The molecule has 0 atom stereocenters. The second kappa shape index (κ2) is 4.93. The van der Waals surface area contributed by atoms with Crippen molar-refractivity contribution in [3.05, 3.63) is 30.1 Å². The Bertz CT molecular complexity index is 427. The molecule has 1 aliphatic heterocycles. The van der Waals surface area contributed by atoms with Gasteiger partial charge in [-0.15, -0.1) is 0 Å². The van der Waals surface area contributed by atoms with Crippen LogP contribution >= 0.6 is 0 Å². The Morgan fingerprint density at radius 3 is 2.56 bits per heavy atom. The lowest BCUT2D eigenvalue weighted by molar-refractivity contribution is 0.378. The van der Waals surface area contributed by atoms with Gasteiger partial charge in [-0.05, 0) is 30.0 Å². The summed E-state index contributed by atoms with van der Waals surface area (Å²) in [7, 11) is -2.90. The Morgan fingerprint density at radius 2 is 2.00 bits per heavy atom. The van der Waals surface area contributed by atoms with Crippen LogP contribution in [0.15, 0.2) is 24.5 Å². The Hall–Kier alpha value is -0.940. The first-order valence-electron chi connectivity index (χ1n) is 5.46. The molecule has 2 rings (SSSR count). The van der Waals surface area contributed by atoms with E-state index in [9.17, 15) is 8.42 Å². The lowest BCUT2D eigenvalue weighted by Gasteiger charge is -2.26. The second-order valence-corrected chi connectivity index (χ2v) is 6.47. The van der Waals surface area contributed by atoms with Crippen molar-refractivity contribution in [2.75, 3.05) is 24.6 Å². The average molecular weight is 240 g/mol. The number of pyridine rings is 1. The molecule has 1 aliphatic rings. The Labute approximate surface area is 96.0 Å². The lowest BCUT2D eigenvalue weighted by Crippen LogP contribution is -2.45. The zero-order valence-electron chi connectivity index (χ0n) is 9.09. The molecule has 0 unspecified atom stereocenters. The predicted molar refractivity (Wildman–Crippen MR) is 63.0 cm³/mol. The Balaban J connectivity index is 1.84. The van der Waals surface area contributed by atoms with E-state index >= 15 is 0 Å². The van der Waals surface area contributed by atoms with Gasteiger partial charge in [0, 0.05) is 25.5 Å². The van der Waals surface area contributed by atoms with E-state index in [1.54, 1.807) is 12.4 Å². The van der Waals surface area contributed by atoms with Gasteiger partial charge in [-0.2, -0.15) is 0 Å². The molecular formula is C11H16N2O2S. The number of hydrogen-bond acceptors (Lipinski definition) is 4. The lowest BCUT2D eigenvalue weighted by atomic mass is 10.1. The molecule has 0 aromatic carbocycles. The van der Waals surface area contributed by atoms with Gasteiger partial charge in [-0.25, -0.2) is 8.42 Å². The molecule has 1 aromatic heterocycles. The van der Waals surface area contributed by atoms with Crippen LogP contribution in [0, 0.1) is 5.92 Å². The van der Waals surface area contributed by atoms with Crippen molar-refractivity contribution in [2.24, 2.45) is 5.92 Å². The van der Waals surface area contributed by atoms with E-state index in [1.165, 1.54) is 0 Å². The average Bonchev–Trinajstić information content (AvgIpc) is 2.23. The van der Waals surface area contributed by atoms with Gasteiger partial charge >= 0.3 is 0 Å². The van der Waals surface area contributed by atoms with Gasteiger partial charge in [0.1, 0.15) is 0 Å². The Morgan fingerprint density at radius 1 is 1.31 bits per heavy atom. The van der Waals surface area contributed by atoms with Crippen LogP contribution in [-0.4, -0.2) is 38.0 Å². The zero-order valence-corrected chi connectivity index (χ0v) is 9.91. The fraction of sp³-hybridized carbons (Fsp3) is 0.545. The summed E-state index contributed by atoms with van der Waals surface area (Å²) in [6.07, 6.45) is 3.97. The van der Waals surface area contributed by atoms with Crippen molar-refractivity contribution in [1.29, 1.82) is 0 Å². The van der Waals surface area contributed by atoms with E-state index in [0.717, 1.165) is 18.7 Å². The molecule has 1 fully saturated rings. The molecule has 1 saturated heterocycles. The summed E-state index contributed by atoms with van der Waals surface area (Å²) in [5.74, 6) is 0.890. The van der Waals surface area contributed by atoms with Crippen LogP contribution in [0.3, 0.4) is 0 Å². The van der Waals surface area contributed by atoms with Crippen LogP contribution in [0.5, 0.6) is 0 Å². The van der Waals surface area contributed by atoms with Crippen molar-refractivity contribution in [1.82, 2.24) is 10.3 Å². The van der Waals surface area contributed by atoms with Crippen molar-refractivity contribution in [3.8, 4) is 0 Å². The van der Waals surface area contributed by atoms with Crippen molar-refractivity contribution in [2.45, 2.75) is 6.42 Å². The molecule has 0 aliphatic carbocycles. The van der Waals surface area contributed by atoms with E-state index in [-0.39, 0.29) is 5.75 Å². The minimum Gasteiger partial charge on any atom is -0.316 e. The van der Waals surface area contributed by atoms with Crippen LogP contribution in [0.2, 0.25) is 0 Å². The van der Waals surface area contributed by atoms with Gasteiger partial charge < -0.3 is 5.32 Å². The summed E-state index contributed by atoms with van der Waals surface area (Å²) in [6.45, 7) is 1.68. The molecule has 2 heterocycles. The van der Waals surface area contributed by atoms with Crippen molar-refractivity contribution >= 4 is 9.84 Å². The third-order valence-corrected chi connectivity index (χ3v) is 4.61. The summed E-state index contributed by atoms with van der Waals surface area (Å²) >= 11 is 0. The van der Waals surface area contributed by atoms with Crippen molar-refractivity contribution < 1.29 is 8.42 Å². The van der Waals surface area contributed by atoms with Gasteiger partial charge in [0.05, 0.1) is 11.5 Å². The van der Waals surface area contributed by atoms with Crippen LogP contribution < -0.4 is 5.32 Å². The highest BCUT2D eigenvalue weighted by atomic mass is 32.2. The van der Waals surface area contributed by atoms with Gasteiger partial charge in [-0.1, -0.05) is 0 Å². The zero-order chi connectivity index (χ0) is 11.4. The maximum absolute atomic E-state index is 11.8. The fourth-order valence-electron chi connectivity index (χ4n) is 1.73.